The van der Waals surface area contributed by atoms with Crippen LogP contribution >= 0.6 is 0 Å². The van der Waals surface area contributed by atoms with E-state index >= 15 is 0 Å². The first kappa shape index (κ1) is 29.4. The van der Waals surface area contributed by atoms with Crippen molar-refractivity contribution in [2.24, 2.45) is 0 Å². The van der Waals surface area contributed by atoms with Gasteiger partial charge < -0.3 is 11.1 Å². The molecule has 0 fully saturated rings. The molecule has 4 aromatic carbocycles. The van der Waals surface area contributed by atoms with Gasteiger partial charge >= 0.3 is 0 Å². The first-order chi connectivity index (χ1) is 17.5. The fourth-order valence-electron chi connectivity index (χ4n) is 3.74. The molecule has 4 heteroatoms. The number of ketones is 2. The van der Waals surface area contributed by atoms with Crippen molar-refractivity contribution >= 4 is 11.6 Å². The van der Waals surface area contributed by atoms with Gasteiger partial charge in [0, 0.05) is 28.8 Å². The van der Waals surface area contributed by atoms with Gasteiger partial charge in [-0.25, -0.2) is 0 Å². The van der Waals surface area contributed by atoms with Gasteiger partial charge in [0.05, 0.1) is 0 Å². The van der Waals surface area contributed by atoms with E-state index in [0.717, 1.165) is 41.6 Å². The molecular formula is C33H37N2O2. The van der Waals surface area contributed by atoms with E-state index in [2.05, 4.69) is 18.2 Å². The molecule has 3 N–H and O–H groups in total. The summed E-state index contributed by atoms with van der Waals surface area (Å²) in [6.45, 7) is 3.02. The molecule has 0 heterocycles. The van der Waals surface area contributed by atoms with Crippen LogP contribution in [0.3, 0.4) is 0 Å². The molecule has 4 rings (SSSR count). The van der Waals surface area contributed by atoms with Crippen LogP contribution in [-0.4, -0.2) is 30.6 Å². The molecule has 4 aromatic rings. The average Bonchev–Trinajstić information content (AvgIpc) is 2.93. The number of benzene rings is 4. The van der Waals surface area contributed by atoms with Crippen LogP contribution < -0.4 is 6.15 Å². The van der Waals surface area contributed by atoms with E-state index in [-0.39, 0.29) is 17.7 Å². The van der Waals surface area contributed by atoms with E-state index in [4.69, 9.17) is 0 Å². The van der Waals surface area contributed by atoms with Crippen LogP contribution in [0.1, 0.15) is 56.3 Å². The number of unbranched alkanes of at least 4 members (excludes halogenated alkanes) is 1. The molecular weight excluding hydrogens is 456 g/mol. The zero-order chi connectivity index (χ0) is 25.8. The predicted molar refractivity (Wildman–Crippen MR) is 153 cm³/mol. The molecule has 0 atom stereocenters. The summed E-state index contributed by atoms with van der Waals surface area (Å²) in [4.78, 5) is 26.4. The van der Waals surface area contributed by atoms with Crippen LogP contribution in [0.25, 0.3) is 0 Å². The third-order valence-electron chi connectivity index (χ3n) is 5.67. The summed E-state index contributed by atoms with van der Waals surface area (Å²) >= 11 is 0. The lowest BCUT2D eigenvalue weighted by molar-refractivity contribution is 0.103. The van der Waals surface area contributed by atoms with Crippen molar-refractivity contribution in [3.63, 3.8) is 0 Å². The highest BCUT2D eigenvalue weighted by atomic mass is 16.1. The number of hydrogen-bond acceptors (Lipinski definition) is 4. The summed E-state index contributed by atoms with van der Waals surface area (Å²) in [6, 6.07) is 34.4. The Morgan fingerprint density at radius 3 is 1.35 bits per heavy atom. The normalized spacial score (nSPS) is 10.2. The second-order valence-electron chi connectivity index (χ2n) is 8.92. The third kappa shape index (κ3) is 9.26. The molecule has 0 aliphatic carbocycles. The molecule has 191 valence electrons. The van der Waals surface area contributed by atoms with Crippen molar-refractivity contribution in [1.82, 2.24) is 11.1 Å². The van der Waals surface area contributed by atoms with Gasteiger partial charge in [0.1, 0.15) is 0 Å². The fourth-order valence-corrected chi connectivity index (χ4v) is 3.74. The van der Waals surface area contributed by atoms with E-state index in [9.17, 15) is 9.59 Å². The van der Waals surface area contributed by atoms with Gasteiger partial charge in [-0.2, -0.15) is 0 Å². The minimum absolute atomic E-state index is 0. The zero-order valence-corrected chi connectivity index (χ0v) is 22.1. The largest absolute Gasteiger partial charge is 0.344 e. The molecule has 0 unspecified atom stereocenters. The second kappa shape index (κ2) is 15.3. The number of hydrogen-bond donors (Lipinski definition) is 1. The summed E-state index contributed by atoms with van der Waals surface area (Å²) in [5.74, 6) is 0.161. The summed E-state index contributed by atoms with van der Waals surface area (Å²) in [7, 11) is 4.06. The van der Waals surface area contributed by atoms with Gasteiger partial charge in [0.25, 0.3) is 0 Å². The maximum atomic E-state index is 12.2. The molecule has 0 aliphatic heterocycles. The van der Waals surface area contributed by atoms with Crippen molar-refractivity contribution in [3.8, 4) is 0 Å². The van der Waals surface area contributed by atoms with Crippen molar-refractivity contribution in [2.75, 3.05) is 14.1 Å². The van der Waals surface area contributed by atoms with Crippen LogP contribution in [-0.2, 0) is 13.0 Å². The fraction of sp³-hybridized carbons (Fsp3) is 0.182. The van der Waals surface area contributed by atoms with Crippen molar-refractivity contribution in [1.29, 1.82) is 0 Å². The number of nitrogens with zero attached hydrogens (tertiary/aromatic N) is 1. The van der Waals surface area contributed by atoms with Crippen LogP contribution in [0, 0.1) is 6.42 Å². The van der Waals surface area contributed by atoms with Crippen LogP contribution in [0.4, 0.5) is 0 Å². The molecule has 4 nitrogen and oxygen atoms in total. The molecule has 0 saturated heterocycles. The highest BCUT2D eigenvalue weighted by Gasteiger charge is 2.09. The minimum Gasteiger partial charge on any atom is -0.344 e. The van der Waals surface area contributed by atoms with Crippen molar-refractivity contribution in [2.45, 2.75) is 26.3 Å². The third-order valence-corrected chi connectivity index (χ3v) is 5.67. The quantitative estimate of drug-likeness (QED) is 0.250. The molecule has 0 saturated carbocycles. The van der Waals surface area contributed by atoms with Crippen LogP contribution in [0.5, 0.6) is 0 Å². The standard InChI is InChI=1S/C17H17O.C16H17NO.H3N/c1-2-3-7-14-10-12-16(13-11-14)17(18)15-8-5-4-6-9-15;1-17(2)12-13-8-10-15(11-9-13)16(18)14-6-4-3-5-7-14;/h3-6,8-13H,2,7H2,1H3;3-11H,12H2,1-2H3;1H3. The van der Waals surface area contributed by atoms with Gasteiger partial charge in [0.2, 0.25) is 0 Å². The Morgan fingerprint density at radius 1 is 0.595 bits per heavy atom. The number of rotatable bonds is 9. The summed E-state index contributed by atoms with van der Waals surface area (Å²) in [5.41, 5.74) is 5.43. The van der Waals surface area contributed by atoms with E-state index in [1.165, 1.54) is 11.1 Å². The van der Waals surface area contributed by atoms with Gasteiger partial charge in [-0.3, -0.25) is 9.59 Å². The number of carbonyl (C=O) groups excluding carboxylic acids is 2. The molecule has 1 radical (unpaired) electrons. The van der Waals surface area contributed by atoms with Gasteiger partial charge in [0.15, 0.2) is 11.6 Å². The Kier molecular flexibility index (Phi) is 12.1. The topological polar surface area (TPSA) is 72.4 Å². The summed E-state index contributed by atoms with van der Waals surface area (Å²) in [6.07, 6.45) is 4.27. The maximum absolute atomic E-state index is 12.2. The summed E-state index contributed by atoms with van der Waals surface area (Å²) in [5, 5.41) is 0. The number of carbonyl (C=O) groups is 2. The van der Waals surface area contributed by atoms with E-state index in [1.807, 2.05) is 123 Å². The van der Waals surface area contributed by atoms with Crippen LogP contribution in [0.2, 0.25) is 0 Å². The molecule has 37 heavy (non-hydrogen) atoms. The van der Waals surface area contributed by atoms with Gasteiger partial charge in [-0.05, 0) is 38.1 Å². The Bertz CT molecular complexity index is 1220. The summed E-state index contributed by atoms with van der Waals surface area (Å²) < 4.78 is 0. The van der Waals surface area contributed by atoms with Gasteiger partial charge in [-0.1, -0.05) is 123 Å². The van der Waals surface area contributed by atoms with E-state index in [1.54, 1.807) is 0 Å². The Morgan fingerprint density at radius 2 is 0.973 bits per heavy atom. The predicted octanol–water partition coefficient (Wildman–Crippen LogP) is 7.22. The van der Waals surface area contributed by atoms with Crippen molar-refractivity contribution in [3.05, 3.63) is 149 Å². The molecule has 0 spiro atoms. The van der Waals surface area contributed by atoms with Crippen molar-refractivity contribution < 1.29 is 9.59 Å². The molecule has 0 aromatic heterocycles. The van der Waals surface area contributed by atoms with E-state index in [0.29, 0.717) is 0 Å². The first-order valence-corrected chi connectivity index (χ1v) is 12.3. The molecule has 0 bridgehead atoms. The molecule has 0 aliphatic rings. The smallest absolute Gasteiger partial charge is 0.193 e. The maximum Gasteiger partial charge on any atom is 0.193 e. The van der Waals surface area contributed by atoms with Crippen LogP contribution in [0.15, 0.2) is 109 Å². The lowest BCUT2D eigenvalue weighted by atomic mass is 10.0. The lowest BCUT2D eigenvalue weighted by Crippen LogP contribution is -2.10. The minimum atomic E-state index is 0. The Hall–Kier alpha value is -3.86. The zero-order valence-electron chi connectivity index (χ0n) is 22.1. The Balaban J connectivity index is 0.000000253. The lowest BCUT2D eigenvalue weighted by Gasteiger charge is -2.09. The first-order valence-electron chi connectivity index (χ1n) is 12.3. The average molecular weight is 494 g/mol. The van der Waals surface area contributed by atoms with E-state index < -0.39 is 0 Å². The SMILES string of the molecule is CC[CH]Cc1ccc(C(=O)c2ccccc2)cc1.CN(C)Cc1ccc(C(=O)c2ccccc2)cc1.N. The monoisotopic (exact) mass is 493 g/mol. The highest BCUT2D eigenvalue weighted by Crippen LogP contribution is 2.13. The molecule has 0 amide bonds. The second-order valence-corrected chi connectivity index (χ2v) is 8.92. The Labute approximate surface area is 221 Å². The highest BCUT2D eigenvalue weighted by molar-refractivity contribution is 6.09. The van der Waals surface area contributed by atoms with Gasteiger partial charge in [-0.15, -0.1) is 0 Å².